The van der Waals surface area contributed by atoms with E-state index in [4.69, 9.17) is 16.3 Å². The van der Waals surface area contributed by atoms with Gasteiger partial charge in [0.1, 0.15) is 29.9 Å². The minimum atomic E-state index is -1.22. The number of β-lactam (4-membered cyclic amide) rings is 1. The van der Waals surface area contributed by atoms with Crippen molar-refractivity contribution in [2.75, 3.05) is 24.3 Å². The van der Waals surface area contributed by atoms with Crippen LogP contribution in [0.5, 0.6) is 0 Å². The summed E-state index contributed by atoms with van der Waals surface area (Å²) in [6, 6.07) is 2.60. The van der Waals surface area contributed by atoms with Crippen LogP contribution < -0.4 is 21.4 Å². The maximum Gasteiger partial charge on any atom is 0.352 e. The number of nitrogens with zero attached hydrogens (tertiary/aromatic N) is 4. The average Bonchev–Trinajstić information content (AvgIpc) is 3.27. The molecule has 1 unspecified atom stereocenters. The molecule has 182 valence electrons. The smallest absolute Gasteiger partial charge is 0.352 e. The number of hydrogen-bond acceptors (Lipinski definition) is 10. The Balaban J connectivity index is 1.48. The van der Waals surface area contributed by atoms with Crippen LogP contribution in [0.2, 0.25) is 0 Å². The maximum atomic E-state index is 12.9. The van der Waals surface area contributed by atoms with E-state index in [2.05, 4.69) is 15.5 Å². The number of nitrogen functional groups attached to an aromatic ring is 2. The Bertz CT molecular complexity index is 1260. The number of carboxylic acids is 1. The molecule has 4 rings (SSSR count). The quantitative estimate of drug-likeness (QED) is 0.162. The summed E-state index contributed by atoms with van der Waals surface area (Å²) < 4.78 is 1.88. The van der Waals surface area contributed by atoms with Crippen LogP contribution in [0.1, 0.15) is 5.69 Å². The number of carboxylic acid groups (broad SMARTS) is 1. The van der Waals surface area contributed by atoms with E-state index in [-0.39, 0.29) is 22.2 Å². The molecule has 6 N–H and O–H groups in total. The van der Waals surface area contributed by atoms with Gasteiger partial charge in [-0.1, -0.05) is 11.2 Å². The molecule has 2 atom stereocenters. The predicted octanol–water partition coefficient (Wildman–Crippen LogP) is -0.0595. The van der Waals surface area contributed by atoms with Crippen LogP contribution in [0.4, 0.5) is 10.8 Å². The lowest BCUT2D eigenvalue weighted by Crippen LogP contribution is -2.71. The first-order valence-corrected chi connectivity index (χ1v) is 12.2. The van der Waals surface area contributed by atoms with Crippen molar-refractivity contribution in [1.29, 1.82) is 0 Å². The molecule has 0 saturated carbocycles. The number of nitrogens with one attached hydrogen (secondary N) is 1. The molecular weight excluding hydrogens is 494 g/mol. The summed E-state index contributed by atoms with van der Waals surface area (Å²) in [5.74, 6) is -2.07. The van der Waals surface area contributed by atoms with Crippen molar-refractivity contribution in [1.82, 2.24) is 15.2 Å². The molecule has 2 aromatic rings. The molecule has 2 aliphatic heterocycles. The number of allylic oxidation sites excluding steroid dienone is 2. The van der Waals surface area contributed by atoms with Crippen molar-refractivity contribution in [3.05, 3.63) is 59.0 Å². The number of pyridine rings is 1. The molecule has 0 aromatic carbocycles. The van der Waals surface area contributed by atoms with Gasteiger partial charge in [0.15, 0.2) is 29.8 Å². The van der Waals surface area contributed by atoms with E-state index in [1.807, 2.05) is 23.0 Å². The van der Waals surface area contributed by atoms with Gasteiger partial charge < -0.3 is 26.7 Å². The zero-order valence-corrected chi connectivity index (χ0v) is 20.1. The molecule has 2 aliphatic rings. The van der Waals surface area contributed by atoms with Crippen molar-refractivity contribution in [2.45, 2.75) is 18.0 Å². The van der Waals surface area contributed by atoms with Crippen LogP contribution in [0.3, 0.4) is 0 Å². The van der Waals surface area contributed by atoms with Gasteiger partial charge in [0.2, 0.25) is 0 Å². The molecule has 0 aliphatic carbocycles. The summed E-state index contributed by atoms with van der Waals surface area (Å²) in [6.45, 7) is 0.500. The first kappa shape index (κ1) is 24.2. The zero-order valence-electron chi connectivity index (χ0n) is 18.5. The van der Waals surface area contributed by atoms with Crippen LogP contribution in [0.25, 0.3) is 0 Å². The highest BCUT2D eigenvalue weighted by molar-refractivity contribution is 8.00. The number of rotatable bonds is 8. The number of carbonyl (C=O) groups excluding carboxylic acids is 2. The molecule has 0 bridgehead atoms. The van der Waals surface area contributed by atoms with Gasteiger partial charge >= 0.3 is 5.97 Å². The van der Waals surface area contributed by atoms with Gasteiger partial charge in [0, 0.05) is 29.0 Å². The molecule has 2 aromatic heterocycles. The second-order valence-corrected chi connectivity index (χ2v) is 9.46. The van der Waals surface area contributed by atoms with Crippen molar-refractivity contribution < 1.29 is 28.9 Å². The summed E-state index contributed by atoms with van der Waals surface area (Å²) in [5, 5.41) is 17.4. The van der Waals surface area contributed by atoms with Crippen molar-refractivity contribution in [2.24, 2.45) is 5.16 Å². The highest BCUT2D eigenvalue weighted by Crippen LogP contribution is 2.40. The molecule has 1 saturated heterocycles. The lowest BCUT2D eigenvalue weighted by atomic mass is 10.0. The number of hydrogen-bond donors (Lipinski definition) is 4. The number of thioether (sulfide) groups is 1. The number of oxime groups is 1. The Morgan fingerprint density at radius 1 is 1.40 bits per heavy atom. The molecule has 12 nitrogen and oxygen atoms in total. The number of carbonyl (C=O) groups is 3. The first-order valence-electron chi connectivity index (χ1n) is 10.3. The highest BCUT2D eigenvalue weighted by atomic mass is 32.2. The van der Waals surface area contributed by atoms with Crippen molar-refractivity contribution in [3.8, 4) is 0 Å². The van der Waals surface area contributed by atoms with Crippen LogP contribution in [0.15, 0.2) is 58.5 Å². The second-order valence-electron chi connectivity index (χ2n) is 7.46. The maximum absolute atomic E-state index is 12.9. The lowest BCUT2D eigenvalue weighted by molar-refractivity contribution is -0.686. The summed E-state index contributed by atoms with van der Waals surface area (Å²) in [4.78, 5) is 47.7. The highest BCUT2D eigenvalue weighted by Gasteiger charge is 2.54. The number of aliphatic carboxylic acids is 1. The Morgan fingerprint density at radius 2 is 2.14 bits per heavy atom. The van der Waals surface area contributed by atoms with Gasteiger partial charge in [-0.25, -0.2) is 14.3 Å². The predicted molar refractivity (Wildman–Crippen MR) is 130 cm³/mol. The van der Waals surface area contributed by atoms with E-state index < -0.39 is 29.2 Å². The number of amides is 2. The first-order chi connectivity index (χ1) is 16.8. The Hall–Kier alpha value is -3.91. The van der Waals surface area contributed by atoms with Gasteiger partial charge in [-0.05, 0) is 11.6 Å². The summed E-state index contributed by atoms with van der Waals surface area (Å²) in [5.41, 5.74) is 12.5. The molecule has 35 heavy (non-hydrogen) atoms. The molecule has 2 amide bonds. The fourth-order valence-corrected chi connectivity index (χ4v) is 5.45. The number of nitrogens with two attached hydrogens (primary N) is 2. The Kier molecular flexibility index (Phi) is 7.02. The van der Waals surface area contributed by atoms with Crippen molar-refractivity contribution >= 4 is 57.4 Å². The van der Waals surface area contributed by atoms with Crippen LogP contribution >= 0.6 is 23.1 Å². The minimum absolute atomic E-state index is 0.0964. The van der Waals surface area contributed by atoms with Gasteiger partial charge in [-0.2, -0.15) is 0 Å². The van der Waals surface area contributed by atoms with Gasteiger partial charge in [-0.15, -0.1) is 23.1 Å². The largest absolute Gasteiger partial charge is 0.477 e. The fraction of sp³-hybridized carbons (Fsp3) is 0.238. The van der Waals surface area contributed by atoms with E-state index in [1.165, 1.54) is 23.8 Å². The third kappa shape index (κ3) is 4.97. The van der Waals surface area contributed by atoms with Gasteiger partial charge in [-0.3, -0.25) is 14.5 Å². The number of anilines is 2. The Labute approximate surface area is 207 Å². The SMILES string of the molecule is CO/N=C(\C(=O)NC1C(=O)N2C(C(=O)O)=C(/C=C/C[n+]3ccc(N)cc3)CS[C@H]12)c1csc(N)n1. The third-order valence-corrected chi connectivity index (χ3v) is 7.18. The monoisotopic (exact) mass is 516 g/mol. The second kappa shape index (κ2) is 10.1. The molecule has 0 spiro atoms. The van der Waals surface area contributed by atoms with Crippen molar-refractivity contribution in [3.63, 3.8) is 0 Å². The molecular formula is C21H22N7O5S2+. The van der Waals surface area contributed by atoms with Crippen LogP contribution in [0, 0.1) is 0 Å². The molecule has 1 fully saturated rings. The van der Waals surface area contributed by atoms with E-state index in [0.29, 0.717) is 23.6 Å². The van der Waals surface area contributed by atoms with Crippen LogP contribution in [-0.4, -0.2) is 62.8 Å². The van der Waals surface area contributed by atoms with E-state index in [9.17, 15) is 19.5 Å². The van der Waals surface area contributed by atoms with Gasteiger partial charge in [0.05, 0.1) is 0 Å². The normalized spacial score (nSPS) is 20.0. The summed E-state index contributed by atoms with van der Waals surface area (Å²) in [7, 11) is 1.28. The van der Waals surface area contributed by atoms with Gasteiger partial charge in [0.25, 0.3) is 11.8 Å². The molecule has 0 radical (unpaired) electrons. The summed E-state index contributed by atoms with van der Waals surface area (Å²) in [6.07, 6.45) is 7.13. The Morgan fingerprint density at radius 3 is 2.77 bits per heavy atom. The summed E-state index contributed by atoms with van der Waals surface area (Å²) >= 11 is 2.49. The number of fused-ring (bicyclic) bond motifs is 1. The third-order valence-electron chi connectivity index (χ3n) is 5.20. The molecule has 14 heteroatoms. The van der Waals surface area contributed by atoms with E-state index in [0.717, 1.165) is 11.3 Å². The fourth-order valence-electron chi connectivity index (χ4n) is 3.58. The van der Waals surface area contributed by atoms with Crippen LogP contribution in [-0.2, 0) is 25.8 Å². The standard InChI is InChI=1S/C21H21N7O5S2/c1-33-26-14(13-10-35-21(23)24-13)17(29)25-15-18(30)28-16(20(31)32)11(9-34-19(15)28)3-2-6-27-7-4-12(22)5-8-27/h2-5,7-8,10,15,19,22H,6,9H2,1H3,(H4,23,24,25,29,31,32)/p+1/b3-2+,26-14-/t15?,19-/m1/s1. The molecule has 4 heterocycles. The van der Waals surface area contributed by atoms with E-state index in [1.54, 1.807) is 23.6 Å². The lowest BCUT2D eigenvalue weighted by Gasteiger charge is -2.49. The zero-order chi connectivity index (χ0) is 25.1. The van der Waals surface area contributed by atoms with E-state index >= 15 is 0 Å². The minimum Gasteiger partial charge on any atom is -0.477 e. The number of aromatic nitrogens is 2. The topological polar surface area (TPSA) is 177 Å². The average molecular weight is 517 g/mol. The number of thiazole rings is 1.